The fraction of sp³-hybridized carbons (Fsp3) is 0.273. The molecular weight excluding hydrogens is 233 g/mol. The summed E-state index contributed by atoms with van der Waals surface area (Å²) in [5.74, 6) is 0.518. The first kappa shape index (κ1) is 12.6. The van der Waals surface area contributed by atoms with Gasteiger partial charge in [-0.1, -0.05) is 0 Å². The maximum absolute atomic E-state index is 9.00. The molecule has 0 amide bonds. The van der Waals surface area contributed by atoms with Gasteiger partial charge in [-0.3, -0.25) is 9.67 Å². The third-order valence-electron chi connectivity index (χ3n) is 2.45. The number of pyridine rings is 1. The molecular formula is C11H14BN3O3. The largest absolute Gasteiger partial charge is 0.492 e. The fourth-order valence-corrected chi connectivity index (χ4v) is 1.54. The molecule has 94 valence electrons. The Balaban J connectivity index is 1.88. The van der Waals surface area contributed by atoms with Crippen molar-refractivity contribution in [3.63, 3.8) is 0 Å². The van der Waals surface area contributed by atoms with Crippen molar-refractivity contribution < 1.29 is 14.8 Å². The molecule has 0 atom stereocenters. The van der Waals surface area contributed by atoms with Crippen molar-refractivity contribution in [2.24, 2.45) is 7.05 Å². The van der Waals surface area contributed by atoms with E-state index in [1.165, 1.54) is 12.4 Å². The number of aryl methyl sites for hydroxylation is 1. The van der Waals surface area contributed by atoms with Crippen LogP contribution in [0, 0.1) is 0 Å². The van der Waals surface area contributed by atoms with Crippen molar-refractivity contribution in [1.29, 1.82) is 0 Å². The van der Waals surface area contributed by atoms with E-state index < -0.39 is 7.12 Å². The molecule has 0 unspecified atom stereocenters. The molecule has 0 saturated carbocycles. The van der Waals surface area contributed by atoms with Crippen LogP contribution in [-0.4, -0.2) is 38.5 Å². The van der Waals surface area contributed by atoms with Crippen LogP contribution in [0.3, 0.4) is 0 Å². The summed E-state index contributed by atoms with van der Waals surface area (Å²) in [6, 6.07) is 1.56. The Morgan fingerprint density at radius 2 is 2.17 bits per heavy atom. The van der Waals surface area contributed by atoms with Gasteiger partial charge in [0.25, 0.3) is 0 Å². The zero-order valence-corrected chi connectivity index (χ0v) is 10.0. The molecule has 0 aliphatic carbocycles. The summed E-state index contributed by atoms with van der Waals surface area (Å²) in [6.07, 6.45) is 7.37. The smallest absolute Gasteiger partial charge is 0.490 e. The summed E-state index contributed by atoms with van der Waals surface area (Å²) in [4.78, 5) is 3.87. The standard InChI is InChI=1S/C11H14BN3O3/c1-15-8-9(5-14-15)2-3-18-11-4-10(12(16)17)6-13-7-11/h4-8,16-17H,2-3H2,1H3. The molecule has 0 aliphatic rings. The zero-order valence-electron chi connectivity index (χ0n) is 10.0. The normalized spacial score (nSPS) is 10.4. The predicted octanol–water partition coefficient (Wildman–Crippen LogP) is -0.884. The van der Waals surface area contributed by atoms with Crippen LogP contribution in [0.15, 0.2) is 30.9 Å². The lowest BCUT2D eigenvalue weighted by Crippen LogP contribution is -2.30. The summed E-state index contributed by atoms with van der Waals surface area (Å²) in [5, 5.41) is 22.1. The third-order valence-corrected chi connectivity index (χ3v) is 2.45. The van der Waals surface area contributed by atoms with Gasteiger partial charge < -0.3 is 14.8 Å². The van der Waals surface area contributed by atoms with Gasteiger partial charge in [-0.25, -0.2) is 0 Å². The molecule has 0 aromatic carbocycles. The van der Waals surface area contributed by atoms with E-state index in [9.17, 15) is 0 Å². The Morgan fingerprint density at radius 1 is 1.33 bits per heavy atom. The van der Waals surface area contributed by atoms with E-state index in [0.29, 0.717) is 17.8 Å². The summed E-state index contributed by atoms with van der Waals surface area (Å²) in [6.45, 7) is 0.484. The first-order valence-electron chi connectivity index (χ1n) is 5.56. The summed E-state index contributed by atoms with van der Waals surface area (Å²) < 4.78 is 7.22. The molecule has 2 N–H and O–H groups in total. The van der Waals surface area contributed by atoms with E-state index in [4.69, 9.17) is 14.8 Å². The number of nitrogens with zero attached hydrogens (tertiary/aromatic N) is 3. The highest BCUT2D eigenvalue weighted by molar-refractivity contribution is 6.58. The van der Waals surface area contributed by atoms with E-state index in [1.54, 1.807) is 16.9 Å². The monoisotopic (exact) mass is 247 g/mol. The molecule has 18 heavy (non-hydrogen) atoms. The first-order chi connectivity index (χ1) is 8.65. The quantitative estimate of drug-likeness (QED) is 0.670. The van der Waals surface area contributed by atoms with Gasteiger partial charge in [-0.05, 0) is 11.6 Å². The number of hydrogen-bond donors (Lipinski definition) is 2. The van der Waals surface area contributed by atoms with Gasteiger partial charge >= 0.3 is 7.12 Å². The van der Waals surface area contributed by atoms with E-state index in [0.717, 1.165) is 12.0 Å². The van der Waals surface area contributed by atoms with Gasteiger partial charge in [0.05, 0.1) is 19.0 Å². The van der Waals surface area contributed by atoms with Crippen LogP contribution in [0.25, 0.3) is 0 Å². The Hall–Kier alpha value is -1.86. The van der Waals surface area contributed by atoms with Crippen LogP contribution in [0.5, 0.6) is 5.75 Å². The predicted molar refractivity (Wildman–Crippen MR) is 66.5 cm³/mol. The van der Waals surface area contributed by atoms with Gasteiger partial charge in [-0.2, -0.15) is 5.10 Å². The van der Waals surface area contributed by atoms with Crippen molar-refractivity contribution in [1.82, 2.24) is 14.8 Å². The van der Waals surface area contributed by atoms with Crippen molar-refractivity contribution >= 4 is 12.6 Å². The highest BCUT2D eigenvalue weighted by Crippen LogP contribution is 2.06. The molecule has 2 heterocycles. The minimum Gasteiger partial charge on any atom is -0.492 e. The maximum Gasteiger partial charge on any atom is 0.490 e. The highest BCUT2D eigenvalue weighted by Gasteiger charge is 2.11. The average Bonchev–Trinajstić information content (AvgIpc) is 2.75. The topological polar surface area (TPSA) is 80.4 Å². The van der Waals surface area contributed by atoms with E-state index >= 15 is 0 Å². The number of ether oxygens (including phenoxy) is 1. The van der Waals surface area contributed by atoms with Crippen LogP contribution in [0.4, 0.5) is 0 Å². The molecule has 2 aromatic rings. The van der Waals surface area contributed by atoms with E-state index in [-0.39, 0.29) is 0 Å². The number of rotatable bonds is 5. The third kappa shape index (κ3) is 3.32. The molecule has 0 aliphatic heterocycles. The molecule has 0 radical (unpaired) electrons. The van der Waals surface area contributed by atoms with Gasteiger partial charge in [0.15, 0.2) is 0 Å². The minimum absolute atomic E-state index is 0.314. The lowest BCUT2D eigenvalue weighted by atomic mass is 9.82. The van der Waals surface area contributed by atoms with Crippen molar-refractivity contribution in [2.75, 3.05) is 6.61 Å². The zero-order chi connectivity index (χ0) is 13.0. The number of aromatic nitrogens is 3. The second-order valence-electron chi connectivity index (χ2n) is 3.95. The van der Waals surface area contributed by atoms with Gasteiger partial charge in [0.2, 0.25) is 0 Å². The molecule has 2 aromatic heterocycles. The van der Waals surface area contributed by atoms with Crippen molar-refractivity contribution in [3.8, 4) is 5.75 Å². The Morgan fingerprint density at radius 3 is 2.83 bits per heavy atom. The molecule has 0 bridgehead atoms. The summed E-state index contributed by atoms with van der Waals surface area (Å²) >= 11 is 0. The molecule has 0 saturated heterocycles. The van der Waals surface area contributed by atoms with Gasteiger partial charge in [-0.15, -0.1) is 0 Å². The van der Waals surface area contributed by atoms with Crippen LogP contribution >= 0.6 is 0 Å². The van der Waals surface area contributed by atoms with Crippen LogP contribution in [0.2, 0.25) is 0 Å². The van der Waals surface area contributed by atoms with E-state index in [1.807, 2.05) is 13.2 Å². The van der Waals surface area contributed by atoms with Crippen molar-refractivity contribution in [2.45, 2.75) is 6.42 Å². The van der Waals surface area contributed by atoms with Crippen LogP contribution in [0.1, 0.15) is 5.56 Å². The van der Waals surface area contributed by atoms with Crippen LogP contribution in [-0.2, 0) is 13.5 Å². The summed E-state index contributed by atoms with van der Waals surface area (Å²) in [7, 11) is 0.333. The highest BCUT2D eigenvalue weighted by atomic mass is 16.5. The molecule has 0 spiro atoms. The lowest BCUT2D eigenvalue weighted by Gasteiger charge is -2.06. The Labute approximate surface area is 105 Å². The van der Waals surface area contributed by atoms with Gasteiger partial charge in [0.1, 0.15) is 5.75 Å². The minimum atomic E-state index is -1.53. The van der Waals surface area contributed by atoms with Crippen LogP contribution < -0.4 is 10.2 Å². The SMILES string of the molecule is Cn1cc(CCOc2cncc(B(O)O)c2)cn1. The Kier molecular flexibility index (Phi) is 3.96. The molecule has 0 fully saturated rings. The van der Waals surface area contributed by atoms with E-state index in [2.05, 4.69) is 10.1 Å². The van der Waals surface area contributed by atoms with Gasteiger partial charge in [0, 0.05) is 31.3 Å². The second-order valence-corrected chi connectivity index (χ2v) is 3.95. The summed E-state index contributed by atoms with van der Waals surface area (Å²) in [5.41, 5.74) is 1.40. The molecule has 6 nitrogen and oxygen atoms in total. The second kappa shape index (κ2) is 5.66. The average molecular weight is 247 g/mol. The first-order valence-corrected chi connectivity index (χ1v) is 5.56. The fourth-order valence-electron chi connectivity index (χ4n) is 1.54. The number of hydrogen-bond acceptors (Lipinski definition) is 5. The van der Waals surface area contributed by atoms with Crippen molar-refractivity contribution in [3.05, 3.63) is 36.4 Å². The maximum atomic E-state index is 9.00. The Bertz CT molecular complexity index is 516. The molecule has 2 rings (SSSR count). The molecule has 7 heteroatoms. The lowest BCUT2D eigenvalue weighted by molar-refractivity contribution is 0.320.